The fraction of sp³-hybridized carbons (Fsp3) is 0.480. The van der Waals surface area contributed by atoms with Crippen molar-refractivity contribution in [3.8, 4) is 0 Å². The Morgan fingerprint density at radius 3 is 2.63 bits per heavy atom. The van der Waals surface area contributed by atoms with Crippen molar-refractivity contribution in [1.29, 1.82) is 0 Å². The van der Waals surface area contributed by atoms with Crippen LogP contribution in [0.3, 0.4) is 0 Å². The number of carbonyl (C=O) groups is 2. The lowest BCUT2D eigenvalue weighted by atomic mass is 9.75. The predicted molar refractivity (Wildman–Crippen MR) is 117 cm³/mol. The third-order valence-corrected chi connectivity index (χ3v) is 5.92. The van der Waals surface area contributed by atoms with Crippen molar-refractivity contribution < 1.29 is 14.3 Å². The van der Waals surface area contributed by atoms with Crippen molar-refractivity contribution >= 4 is 11.9 Å². The van der Waals surface area contributed by atoms with E-state index in [1.54, 1.807) is 6.20 Å². The van der Waals surface area contributed by atoms with E-state index in [9.17, 15) is 9.59 Å². The Hall–Kier alpha value is -2.69. The summed E-state index contributed by atoms with van der Waals surface area (Å²) < 4.78 is 5.46. The third-order valence-electron chi connectivity index (χ3n) is 5.92. The van der Waals surface area contributed by atoms with Crippen LogP contribution in [0.5, 0.6) is 0 Å². The van der Waals surface area contributed by atoms with Gasteiger partial charge in [-0.3, -0.25) is 14.6 Å². The van der Waals surface area contributed by atoms with E-state index in [-0.39, 0.29) is 11.9 Å². The van der Waals surface area contributed by atoms with Gasteiger partial charge in [-0.05, 0) is 63.1 Å². The molecule has 0 radical (unpaired) electrons. The molecular formula is C25H32N2O3. The molecule has 0 bridgehead atoms. The standard InChI is InChI=1S/C25H32N2O3/c1-2-30-24(29)25(16-8-12-21-10-4-3-5-11-21)17-9-19-27(20-25)23(28)15-14-22-13-6-7-18-26-22/h3-7,10-11,13,18H,2,8-9,12,14-17,19-20H2,1H3/t25-/m1/s1. The Morgan fingerprint density at radius 1 is 1.10 bits per heavy atom. The Morgan fingerprint density at radius 2 is 1.90 bits per heavy atom. The number of pyridine rings is 1. The number of nitrogens with zero attached hydrogens (tertiary/aromatic N) is 2. The molecule has 1 atom stereocenters. The Labute approximate surface area is 179 Å². The first-order chi connectivity index (χ1) is 14.6. The Bertz CT molecular complexity index is 810. The van der Waals surface area contributed by atoms with Gasteiger partial charge in [0.1, 0.15) is 0 Å². The predicted octanol–water partition coefficient (Wildman–Crippen LogP) is 4.21. The van der Waals surface area contributed by atoms with Gasteiger partial charge in [0.25, 0.3) is 0 Å². The van der Waals surface area contributed by atoms with Gasteiger partial charge in [-0.2, -0.15) is 0 Å². The van der Waals surface area contributed by atoms with E-state index in [4.69, 9.17) is 4.74 Å². The van der Waals surface area contributed by atoms with Crippen LogP contribution in [0.15, 0.2) is 54.7 Å². The van der Waals surface area contributed by atoms with Gasteiger partial charge in [-0.25, -0.2) is 0 Å². The summed E-state index contributed by atoms with van der Waals surface area (Å²) in [4.78, 5) is 32.0. The first kappa shape index (κ1) is 22.0. The van der Waals surface area contributed by atoms with Gasteiger partial charge in [-0.15, -0.1) is 0 Å². The van der Waals surface area contributed by atoms with Crippen LogP contribution in [0.2, 0.25) is 0 Å². The first-order valence-corrected chi connectivity index (χ1v) is 11.0. The number of hydrogen-bond acceptors (Lipinski definition) is 4. The lowest BCUT2D eigenvalue weighted by Crippen LogP contribution is -2.50. The van der Waals surface area contributed by atoms with E-state index in [0.29, 0.717) is 32.5 Å². The highest BCUT2D eigenvalue weighted by molar-refractivity contribution is 5.81. The molecule has 1 aliphatic heterocycles. The van der Waals surface area contributed by atoms with Gasteiger partial charge in [0, 0.05) is 31.4 Å². The van der Waals surface area contributed by atoms with Crippen LogP contribution in [-0.4, -0.2) is 41.5 Å². The van der Waals surface area contributed by atoms with E-state index < -0.39 is 5.41 Å². The van der Waals surface area contributed by atoms with E-state index in [0.717, 1.165) is 37.8 Å². The molecule has 1 fully saturated rings. The molecule has 0 unspecified atom stereocenters. The number of aryl methyl sites for hydroxylation is 2. The van der Waals surface area contributed by atoms with Crippen molar-refractivity contribution in [2.75, 3.05) is 19.7 Å². The summed E-state index contributed by atoms with van der Waals surface area (Å²) in [5.74, 6) is -0.0580. The molecule has 0 aliphatic carbocycles. The normalized spacial score (nSPS) is 18.8. The summed E-state index contributed by atoms with van der Waals surface area (Å²) >= 11 is 0. The molecular weight excluding hydrogens is 376 g/mol. The lowest BCUT2D eigenvalue weighted by molar-refractivity contribution is -0.161. The minimum absolute atomic E-state index is 0.0945. The monoisotopic (exact) mass is 408 g/mol. The van der Waals surface area contributed by atoms with Crippen LogP contribution in [-0.2, 0) is 27.2 Å². The number of rotatable bonds is 9. The molecule has 160 valence electrons. The highest BCUT2D eigenvalue weighted by Crippen LogP contribution is 2.37. The summed E-state index contributed by atoms with van der Waals surface area (Å²) in [5, 5.41) is 0. The zero-order valence-electron chi connectivity index (χ0n) is 17.9. The fourth-order valence-electron chi connectivity index (χ4n) is 4.32. The maximum atomic E-state index is 12.9. The van der Waals surface area contributed by atoms with Gasteiger partial charge >= 0.3 is 5.97 Å². The van der Waals surface area contributed by atoms with Crippen LogP contribution in [0.1, 0.15) is 50.3 Å². The quantitative estimate of drug-likeness (QED) is 0.583. The number of hydrogen-bond donors (Lipinski definition) is 0. The van der Waals surface area contributed by atoms with Crippen molar-refractivity contribution in [2.45, 2.75) is 51.9 Å². The fourth-order valence-corrected chi connectivity index (χ4v) is 4.32. The van der Waals surface area contributed by atoms with Gasteiger partial charge < -0.3 is 9.64 Å². The largest absolute Gasteiger partial charge is 0.466 e. The van der Waals surface area contributed by atoms with Crippen LogP contribution in [0.4, 0.5) is 0 Å². The van der Waals surface area contributed by atoms with Crippen LogP contribution >= 0.6 is 0 Å². The topological polar surface area (TPSA) is 59.5 Å². The molecule has 2 heterocycles. The first-order valence-electron chi connectivity index (χ1n) is 11.0. The molecule has 30 heavy (non-hydrogen) atoms. The number of piperidine rings is 1. The summed E-state index contributed by atoms with van der Waals surface area (Å²) in [6.07, 6.45) is 6.97. The second-order valence-electron chi connectivity index (χ2n) is 8.08. The van der Waals surface area contributed by atoms with Gasteiger partial charge in [-0.1, -0.05) is 36.4 Å². The molecule has 0 spiro atoms. The molecule has 1 aromatic carbocycles. The molecule has 5 nitrogen and oxygen atoms in total. The number of carbonyl (C=O) groups excluding carboxylic acids is 2. The molecule has 1 aliphatic rings. The highest BCUT2D eigenvalue weighted by atomic mass is 16.5. The van der Waals surface area contributed by atoms with Crippen molar-refractivity contribution in [3.63, 3.8) is 0 Å². The number of amides is 1. The molecule has 5 heteroatoms. The number of ether oxygens (including phenoxy) is 1. The SMILES string of the molecule is CCOC(=O)[C@]1(CCCc2ccccc2)CCCN(C(=O)CCc2ccccn2)C1. The second kappa shape index (κ2) is 10.9. The van der Waals surface area contributed by atoms with Crippen LogP contribution in [0.25, 0.3) is 0 Å². The maximum Gasteiger partial charge on any atom is 0.313 e. The van der Waals surface area contributed by atoms with Gasteiger partial charge in [0.2, 0.25) is 5.91 Å². The maximum absolute atomic E-state index is 12.9. The minimum atomic E-state index is -0.594. The van der Waals surface area contributed by atoms with Crippen LogP contribution in [0, 0.1) is 5.41 Å². The molecule has 1 saturated heterocycles. The number of benzene rings is 1. The van der Waals surface area contributed by atoms with E-state index >= 15 is 0 Å². The minimum Gasteiger partial charge on any atom is -0.466 e. The average Bonchev–Trinajstić information content (AvgIpc) is 2.79. The molecule has 2 aromatic rings. The summed E-state index contributed by atoms with van der Waals surface area (Å²) in [6, 6.07) is 16.1. The Balaban J connectivity index is 1.62. The molecule has 3 rings (SSSR count). The Kier molecular flexibility index (Phi) is 8.00. The average molecular weight is 409 g/mol. The summed E-state index contributed by atoms with van der Waals surface area (Å²) in [5.41, 5.74) is 1.60. The van der Waals surface area contributed by atoms with Crippen molar-refractivity contribution in [1.82, 2.24) is 9.88 Å². The molecule has 0 N–H and O–H groups in total. The lowest BCUT2D eigenvalue weighted by Gasteiger charge is -2.41. The molecule has 1 aromatic heterocycles. The van der Waals surface area contributed by atoms with Crippen molar-refractivity contribution in [3.05, 3.63) is 66.0 Å². The van der Waals surface area contributed by atoms with E-state index in [1.807, 2.05) is 48.2 Å². The van der Waals surface area contributed by atoms with Gasteiger partial charge in [0.15, 0.2) is 0 Å². The van der Waals surface area contributed by atoms with E-state index in [2.05, 4.69) is 17.1 Å². The zero-order chi connectivity index (χ0) is 21.2. The highest BCUT2D eigenvalue weighted by Gasteiger charge is 2.44. The smallest absolute Gasteiger partial charge is 0.313 e. The second-order valence-corrected chi connectivity index (χ2v) is 8.08. The number of likely N-dealkylation sites (tertiary alicyclic amines) is 1. The number of aromatic nitrogens is 1. The molecule has 1 amide bonds. The number of esters is 1. The third kappa shape index (κ3) is 5.91. The van der Waals surface area contributed by atoms with Crippen LogP contribution < -0.4 is 0 Å². The summed E-state index contributed by atoms with van der Waals surface area (Å²) in [6.45, 7) is 3.38. The zero-order valence-corrected chi connectivity index (χ0v) is 17.9. The molecule has 0 saturated carbocycles. The van der Waals surface area contributed by atoms with Crippen molar-refractivity contribution in [2.24, 2.45) is 5.41 Å². The van der Waals surface area contributed by atoms with Gasteiger partial charge in [0.05, 0.1) is 12.0 Å². The van der Waals surface area contributed by atoms with E-state index in [1.165, 1.54) is 5.56 Å². The summed E-state index contributed by atoms with van der Waals surface area (Å²) in [7, 11) is 0.